The summed E-state index contributed by atoms with van der Waals surface area (Å²) in [5.41, 5.74) is 2.01. The second-order valence-corrected chi connectivity index (χ2v) is 10.4. The Labute approximate surface area is 244 Å². The molecule has 1 aliphatic heterocycles. The Hall–Kier alpha value is -3.03. The van der Waals surface area contributed by atoms with Crippen molar-refractivity contribution < 1.29 is 14.3 Å². The van der Waals surface area contributed by atoms with Crippen molar-refractivity contribution in [1.82, 2.24) is 14.7 Å². The first-order valence-corrected chi connectivity index (χ1v) is 13.8. The van der Waals surface area contributed by atoms with E-state index in [-0.39, 0.29) is 11.8 Å². The van der Waals surface area contributed by atoms with E-state index in [9.17, 15) is 9.59 Å². The van der Waals surface area contributed by atoms with Gasteiger partial charge in [0.25, 0.3) is 11.8 Å². The summed E-state index contributed by atoms with van der Waals surface area (Å²) in [6.07, 6.45) is 3.93. The lowest BCUT2D eigenvalue weighted by molar-refractivity contribution is 0.0609. The Bertz CT molecular complexity index is 1340. The lowest BCUT2D eigenvalue weighted by Gasteiger charge is -2.36. The first-order valence-electron chi connectivity index (χ1n) is 12.7. The van der Waals surface area contributed by atoms with Crippen molar-refractivity contribution in [3.8, 4) is 5.75 Å². The van der Waals surface area contributed by atoms with Crippen LogP contribution in [0.2, 0.25) is 15.1 Å². The predicted octanol–water partition coefficient (Wildman–Crippen LogP) is 6.27. The maximum Gasteiger partial charge on any atom is 0.254 e. The second kappa shape index (κ2) is 13.9. The van der Waals surface area contributed by atoms with E-state index in [0.717, 1.165) is 11.3 Å². The fraction of sp³-hybridized carbons (Fsp3) is 0.267. The zero-order valence-corrected chi connectivity index (χ0v) is 23.9. The van der Waals surface area contributed by atoms with Gasteiger partial charge in [-0.1, -0.05) is 71.2 Å². The van der Waals surface area contributed by atoms with Crippen LogP contribution in [-0.2, 0) is 0 Å². The molecule has 0 spiro atoms. The third-order valence-electron chi connectivity index (χ3n) is 6.63. The molecule has 204 valence electrons. The first kappa shape index (κ1) is 29.0. The van der Waals surface area contributed by atoms with Gasteiger partial charge in [-0.25, -0.2) is 0 Å². The second-order valence-electron chi connectivity index (χ2n) is 9.17. The molecule has 0 saturated carbocycles. The number of halogens is 3. The number of carbonyl (C=O) groups is 2. The molecule has 39 heavy (non-hydrogen) atoms. The minimum atomic E-state index is -0.0874. The molecular weight excluding hydrogens is 557 g/mol. The van der Waals surface area contributed by atoms with E-state index in [4.69, 9.17) is 39.5 Å². The summed E-state index contributed by atoms with van der Waals surface area (Å²) in [6.45, 7) is 4.25. The van der Waals surface area contributed by atoms with Crippen molar-refractivity contribution in [1.29, 1.82) is 0 Å². The standard InChI is InChI=1S/C30H30Cl3N3O3/c1-39-28-10-3-2-6-22(28)8-5-13-35(29(37)23-7-4-9-25(31)20-23)17-14-34-15-18-36(19-16-34)30(38)24-11-12-26(32)27(33)21-24/h2-12,20-21H,13-19H2,1H3/b8-5+. The fourth-order valence-electron chi connectivity index (χ4n) is 4.44. The average Bonchev–Trinajstić information content (AvgIpc) is 2.96. The first-order chi connectivity index (χ1) is 18.9. The highest BCUT2D eigenvalue weighted by atomic mass is 35.5. The van der Waals surface area contributed by atoms with E-state index in [1.807, 2.05) is 46.2 Å². The maximum absolute atomic E-state index is 13.4. The molecule has 1 saturated heterocycles. The topological polar surface area (TPSA) is 53.1 Å². The zero-order valence-electron chi connectivity index (χ0n) is 21.7. The van der Waals surface area contributed by atoms with Gasteiger partial charge in [-0.05, 0) is 42.5 Å². The summed E-state index contributed by atoms with van der Waals surface area (Å²) in [7, 11) is 1.64. The summed E-state index contributed by atoms with van der Waals surface area (Å²) in [6, 6.07) is 19.7. The van der Waals surface area contributed by atoms with E-state index in [1.165, 1.54) is 0 Å². The Morgan fingerprint density at radius 1 is 0.897 bits per heavy atom. The molecule has 3 aromatic rings. The molecule has 0 radical (unpaired) electrons. The predicted molar refractivity (Wildman–Crippen MR) is 158 cm³/mol. The van der Waals surface area contributed by atoms with Gasteiger partial charge >= 0.3 is 0 Å². The van der Waals surface area contributed by atoms with E-state index >= 15 is 0 Å². The van der Waals surface area contributed by atoms with Gasteiger partial charge in [0.05, 0.1) is 17.2 Å². The average molecular weight is 587 g/mol. The minimum absolute atomic E-state index is 0.0625. The van der Waals surface area contributed by atoms with Gasteiger partial charge < -0.3 is 14.5 Å². The molecule has 9 heteroatoms. The van der Waals surface area contributed by atoms with E-state index < -0.39 is 0 Å². The monoisotopic (exact) mass is 585 g/mol. The molecule has 3 aromatic carbocycles. The molecule has 0 aliphatic carbocycles. The van der Waals surface area contributed by atoms with Crippen LogP contribution in [0.15, 0.2) is 72.8 Å². The quantitative estimate of drug-likeness (QED) is 0.297. The maximum atomic E-state index is 13.4. The normalized spacial score (nSPS) is 14.0. The minimum Gasteiger partial charge on any atom is -0.496 e. The van der Waals surface area contributed by atoms with Crippen LogP contribution < -0.4 is 4.74 Å². The van der Waals surface area contributed by atoms with Crippen LogP contribution in [0.1, 0.15) is 26.3 Å². The molecule has 2 amide bonds. The highest BCUT2D eigenvalue weighted by Gasteiger charge is 2.24. The molecule has 0 atom stereocenters. The summed E-state index contributed by atoms with van der Waals surface area (Å²) in [5.74, 6) is 0.623. The van der Waals surface area contributed by atoms with Gasteiger partial charge in [0.2, 0.25) is 0 Å². The molecule has 1 fully saturated rings. The Kier molecular flexibility index (Phi) is 10.3. The number of benzene rings is 3. The SMILES string of the molecule is COc1ccccc1/C=C/CN(CCN1CCN(C(=O)c2ccc(Cl)c(Cl)c2)CC1)C(=O)c1cccc(Cl)c1. The molecule has 0 N–H and O–H groups in total. The molecule has 6 nitrogen and oxygen atoms in total. The summed E-state index contributed by atoms with van der Waals surface area (Å²) in [4.78, 5) is 32.2. The zero-order chi connectivity index (χ0) is 27.8. The lowest BCUT2D eigenvalue weighted by atomic mass is 10.1. The molecular formula is C30H30Cl3N3O3. The van der Waals surface area contributed by atoms with Gasteiger partial charge in [0, 0.05) is 67.5 Å². The molecule has 0 unspecified atom stereocenters. The lowest BCUT2D eigenvalue weighted by Crippen LogP contribution is -2.50. The highest BCUT2D eigenvalue weighted by molar-refractivity contribution is 6.42. The Balaban J connectivity index is 1.38. The largest absolute Gasteiger partial charge is 0.496 e. The molecule has 4 rings (SSSR count). The summed E-state index contributed by atoms with van der Waals surface area (Å²) in [5, 5.41) is 1.31. The van der Waals surface area contributed by atoms with E-state index in [0.29, 0.717) is 72.0 Å². The number of hydrogen-bond acceptors (Lipinski definition) is 4. The summed E-state index contributed by atoms with van der Waals surface area (Å²) >= 11 is 18.2. The van der Waals surface area contributed by atoms with Crippen molar-refractivity contribution in [2.24, 2.45) is 0 Å². The van der Waals surface area contributed by atoms with Crippen LogP contribution in [0, 0.1) is 0 Å². The highest BCUT2D eigenvalue weighted by Crippen LogP contribution is 2.24. The number of nitrogens with zero attached hydrogens (tertiary/aromatic N) is 3. The van der Waals surface area contributed by atoms with E-state index in [1.54, 1.807) is 49.6 Å². The Morgan fingerprint density at radius 3 is 2.38 bits per heavy atom. The van der Waals surface area contributed by atoms with E-state index in [2.05, 4.69) is 4.90 Å². The van der Waals surface area contributed by atoms with Crippen LogP contribution >= 0.6 is 34.8 Å². The third kappa shape index (κ3) is 7.76. The summed E-state index contributed by atoms with van der Waals surface area (Å²) < 4.78 is 5.43. The van der Waals surface area contributed by atoms with Crippen LogP contribution in [-0.4, -0.2) is 79.4 Å². The van der Waals surface area contributed by atoms with Gasteiger partial charge in [0.15, 0.2) is 0 Å². The number of piperazine rings is 1. The van der Waals surface area contributed by atoms with Gasteiger partial charge in [-0.3, -0.25) is 14.5 Å². The Morgan fingerprint density at radius 2 is 1.67 bits per heavy atom. The molecule has 0 aromatic heterocycles. The molecule has 1 aliphatic rings. The van der Waals surface area contributed by atoms with Gasteiger partial charge in [0.1, 0.15) is 5.75 Å². The van der Waals surface area contributed by atoms with Crippen LogP contribution in [0.4, 0.5) is 0 Å². The van der Waals surface area contributed by atoms with Gasteiger partial charge in [-0.15, -0.1) is 0 Å². The van der Waals surface area contributed by atoms with Crippen LogP contribution in [0.25, 0.3) is 6.08 Å². The van der Waals surface area contributed by atoms with Crippen LogP contribution in [0.3, 0.4) is 0 Å². The van der Waals surface area contributed by atoms with Crippen molar-refractivity contribution in [2.45, 2.75) is 0 Å². The van der Waals surface area contributed by atoms with Crippen molar-refractivity contribution in [3.05, 3.63) is 105 Å². The third-order valence-corrected chi connectivity index (χ3v) is 7.61. The number of amides is 2. The van der Waals surface area contributed by atoms with Crippen molar-refractivity contribution in [2.75, 3.05) is 52.9 Å². The molecule has 0 bridgehead atoms. The molecule has 1 heterocycles. The number of ether oxygens (including phenoxy) is 1. The number of para-hydroxylation sites is 1. The number of carbonyl (C=O) groups excluding carboxylic acids is 2. The van der Waals surface area contributed by atoms with Crippen molar-refractivity contribution >= 4 is 52.7 Å². The number of hydrogen-bond donors (Lipinski definition) is 0. The smallest absolute Gasteiger partial charge is 0.254 e. The fourth-order valence-corrected chi connectivity index (χ4v) is 4.93. The number of methoxy groups -OCH3 is 1. The van der Waals surface area contributed by atoms with Crippen LogP contribution in [0.5, 0.6) is 5.75 Å². The van der Waals surface area contributed by atoms with Crippen molar-refractivity contribution in [3.63, 3.8) is 0 Å². The number of rotatable bonds is 9. The van der Waals surface area contributed by atoms with Gasteiger partial charge in [-0.2, -0.15) is 0 Å².